The van der Waals surface area contributed by atoms with Gasteiger partial charge in [0, 0.05) is 51.7 Å². The predicted octanol–water partition coefficient (Wildman–Crippen LogP) is 1.19. The Morgan fingerprint density at radius 3 is 2.92 bits per heavy atom. The van der Waals surface area contributed by atoms with Crippen molar-refractivity contribution in [2.75, 3.05) is 46.0 Å². The lowest BCUT2D eigenvalue weighted by molar-refractivity contribution is -0.00811. The summed E-state index contributed by atoms with van der Waals surface area (Å²) >= 11 is 0. The van der Waals surface area contributed by atoms with Gasteiger partial charge in [-0.2, -0.15) is 5.10 Å². The summed E-state index contributed by atoms with van der Waals surface area (Å²) in [5, 5.41) is 7.69. The molecule has 7 nitrogen and oxygen atoms in total. The summed E-state index contributed by atoms with van der Waals surface area (Å²) in [6.45, 7) is 8.00. The van der Waals surface area contributed by atoms with Crippen molar-refractivity contribution >= 4 is 5.96 Å². The van der Waals surface area contributed by atoms with Gasteiger partial charge in [-0.25, -0.2) is 0 Å². The molecule has 3 rings (SSSR count). The van der Waals surface area contributed by atoms with Crippen molar-refractivity contribution in [1.29, 1.82) is 0 Å². The highest BCUT2D eigenvalue weighted by molar-refractivity contribution is 5.80. The molecule has 1 unspecified atom stereocenters. The minimum Gasteiger partial charge on any atom is -0.381 e. The van der Waals surface area contributed by atoms with Gasteiger partial charge in [0.05, 0.1) is 19.3 Å². The van der Waals surface area contributed by atoms with Crippen LogP contribution in [-0.2, 0) is 16.5 Å². The Kier molecular flexibility index (Phi) is 6.09. The number of morpholine rings is 1. The third-order valence-corrected chi connectivity index (χ3v) is 4.64. The number of hydrogen-bond acceptors (Lipinski definition) is 4. The first-order valence-electron chi connectivity index (χ1n) is 8.97. The SMILES string of the molecule is CCNC(=NCC1CCOCC1)N1CCOC(c2cnn(C)c2)C1. The highest BCUT2D eigenvalue weighted by atomic mass is 16.5. The highest BCUT2D eigenvalue weighted by Gasteiger charge is 2.25. The molecule has 0 saturated carbocycles. The van der Waals surface area contributed by atoms with Gasteiger partial charge >= 0.3 is 0 Å². The molecule has 0 bridgehead atoms. The molecule has 0 aromatic carbocycles. The van der Waals surface area contributed by atoms with Crippen LogP contribution < -0.4 is 5.32 Å². The highest BCUT2D eigenvalue weighted by Crippen LogP contribution is 2.22. The maximum Gasteiger partial charge on any atom is 0.194 e. The van der Waals surface area contributed by atoms with E-state index in [1.165, 1.54) is 0 Å². The van der Waals surface area contributed by atoms with Gasteiger partial charge in [-0.3, -0.25) is 9.67 Å². The Labute approximate surface area is 144 Å². The molecule has 1 atom stereocenters. The molecule has 24 heavy (non-hydrogen) atoms. The Bertz CT molecular complexity index is 539. The van der Waals surface area contributed by atoms with E-state index in [0.717, 1.165) is 63.8 Å². The third kappa shape index (κ3) is 4.48. The third-order valence-electron chi connectivity index (χ3n) is 4.64. The topological polar surface area (TPSA) is 63.9 Å². The molecule has 0 amide bonds. The summed E-state index contributed by atoms with van der Waals surface area (Å²) in [6.07, 6.45) is 6.20. The number of aromatic nitrogens is 2. The fourth-order valence-electron chi connectivity index (χ4n) is 3.22. The van der Waals surface area contributed by atoms with Crippen molar-refractivity contribution in [3.63, 3.8) is 0 Å². The standard InChI is InChI=1S/C17H29N5O2/c1-3-18-17(19-10-14-4-7-23-8-5-14)22-6-9-24-16(13-22)15-11-20-21(2)12-15/h11-12,14,16H,3-10,13H2,1-2H3,(H,18,19). The fraction of sp³-hybridized carbons (Fsp3) is 0.765. The Balaban J connectivity index is 1.63. The van der Waals surface area contributed by atoms with Gasteiger partial charge in [0.25, 0.3) is 0 Å². The van der Waals surface area contributed by atoms with Gasteiger partial charge in [-0.05, 0) is 25.7 Å². The molecule has 2 saturated heterocycles. The second kappa shape index (κ2) is 8.48. The van der Waals surface area contributed by atoms with Crippen molar-refractivity contribution in [2.24, 2.45) is 18.0 Å². The predicted molar refractivity (Wildman–Crippen MR) is 93.0 cm³/mol. The number of ether oxygens (including phenoxy) is 2. The number of aliphatic imine (C=N–C) groups is 1. The van der Waals surface area contributed by atoms with E-state index >= 15 is 0 Å². The second-order valence-electron chi connectivity index (χ2n) is 6.50. The van der Waals surface area contributed by atoms with Crippen LogP contribution in [0.5, 0.6) is 0 Å². The average Bonchev–Trinajstić information content (AvgIpc) is 3.06. The number of aryl methyl sites for hydroxylation is 1. The number of guanidine groups is 1. The molecule has 2 aliphatic rings. The molecule has 0 radical (unpaired) electrons. The molecular weight excluding hydrogens is 306 g/mol. The minimum atomic E-state index is 0.0550. The van der Waals surface area contributed by atoms with E-state index < -0.39 is 0 Å². The van der Waals surface area contributed by atoms with Crippen LogP contribution in [0.4, 0.5) is 0 Å². The van der Waals surface area contributed by atoms with Crippen LogP contribution in [0.3, 0.4) is 0 Å². The molecule has 134 valence electrons. The van der Waals surface area contributed by atoms with Crippen molar-refractivity contribution in [3.8, 4) is 0 Å². The van der Waals surface area contributed by atoms with Gasteiger partial charge in [0.1, 0.15) is 6.10 Å². The van der Waals surface area contributed by atoms with Crippen molar-refractivity contribution in [1.82, 2.24) is 20.0 Å². The van der Waals surface area contributed by atoms with Crippen LogP contribution in [0.1, 0.15) is 31.4 Å². The molecule has 3 heterocycles. The van der Waals surface area contributed by atoms with Gasteiger partial charge in [-0.1, -0.05) is 0 Å². The largest absolute Gasteiger partial charge is 0.381 e. The molecule has 2 fully saturated rings. The maximum atomic E-state index is 5.94. The molecule has 0 spiro atoms. The molecular formula is C17H29N5O2. The normalized spacial score (nSPS) is 23.5. The van der Waals surface area contributed by atoms with Crippen LogP contribution >= 0.6 is 0 Å². The lowest BCUT2D eigenvalue weighted by Gasteiger charge is -2.35. The Morgan fingerprint density at radius 2 is 2.21 bits per heavy atom. The van der Waals surface area contributed by atoms with E-state index in [4.69, 9.17) is 14.5 Å². The summed E-state index contributed by atoms with van der Waals surface area (Å²) in [5.41, 5.74) is 1.13. The zero-order valence-corrected chi connectivity index (χ0v) is 14.8. The smallest absolute Gasteiger partial charge is 0.194 e. The van der Waals surface area contributed by atoms with Crippen molar-refractivity contribution in [3.05, 3.63) is 18.0 Å². The maximum absolute atomic E-state index is 5.94. The quantitative estimate of drug-likeness (QED) is 0.661. The second-order valence-corrected chi connectivity index (χ2v) is 6.50. The van der Waals surface area contributed by atoms with Gasteiger partial charge in [0.2, 0.25) is 0 Å². The number of rotatable bonds is 4. The van der Waals surface area contributed by atoms with Gasteiger partial charge in [-0.15, -0.1) is 0 Å². The molecule has 0 aliphatic carbocycles. The average molecular weight is 335 g/mol. The van der Waals surface area contributed by atoms with Gasteiger partial charge < -0.3 is 19.7 Å². The Morgan fingerprint density at radius 1 is 1.38 bits per heavy atom. The Hall–Kier alpha value is -1.60. The summed E-state index contributed by atoms with van der Waals surface area (Å²) in [7, 11) is 1.93. The van der Waals surface area contributed by atoms with Gasteiger partial charge in [0.15, 0.2) is 5.96 Å². The summed E-state index contributed by atoms with van der Waals surface area (Å²) in [4.78, 5) is 7.20. The number of hydrogen-bond donors (Lipinski definition) is 1. The first-order valence-corrected chi connectivity index (χ1v) is 8.97. The summed E-state index contributed by atoms with van der Waals surface area (Å²) in [5.74, 6) is 1.64. The fourth-order valence-corrected chi connectivity index (χ4v) is 3.22. The first-order chi connectivity index (χ1) is 11.8. The van der Waals surface area contributed by atoms with Crippen molar-refractivity contribution < 1.29 is 9.47 Å². The monoisotopic (exact) mass is 335 g/mol. The summed E-state index contributed by atoms with van der Waals surface area (Å²) in [6, 6.07) is 0. The van der Waals surface area contributed by atoms with Crippen LogP contribution in [0.15, 0.2) is 17.4 Å². The molecule has 1 aromatic heterocycles. The van der Waals surface area contributed by atoms with Crippen LogP contribution in [0.2, 0.25) is 0 Å². The number of nitrogens with one attached hydrogen (secondary N) is 1. The first kappa shape index (κ1) is 17.2. The van der Waals surface area contributed by atoms with E-state index in [1.54, 1.807) is 0 Å². The zero-order chi connectivity index (χ0) is 16.8. The lowest BCUT2D eigenvalue weighted by atomic mass is 10.0. The molecule has 1 N–H and O–H groups in total. The van der Waals surface area contributed by atoms with E-state index in [9.17, 15) is 0 Å². The minimum absolute atomic E-state index is 0.0550. The van der Waals surface area contributed by atoms with E-state index in [2.05, 4.69) is 22.2 Å². The van der Waals surface area contributed by atoms with Crippen LogP contribution in [0, 0.1) is 5.92 Å². The van der Waals surface area contributed by atoms with E-state index in [1.807, 2.05) is 24.1 Å². The summed E-state index contributed by atoms with van der Waals surface area (Å²) < 4.78 is 13.2. The van der Waals surface area contributed by atoms with E-state index in [0.29, 0.717) is 12.5 Å². The molecule has 7 heteroatoms. The zero-order valence-electron chi connectivity index (χ0n) is 14.8. The number of nitrogens with zero attached hydrogens (tertiary/aromatic N) is 4. The molecule has 2 aliphatic heterocycles. The lowest BCUT2D eigenvalue weighted by Crippen LogP contribution is -2.48. The van der Waals surface area contributed by atoms with Crippen molar-refractivity contribution in [2.45, 2.75) is 25.9 Å². The van der Waals surface area contributed by atoms with Crippen LogP contribution in [-0.4, -0.2) is 66.6 Å². The molecule has 1 aromatic rings. The van der Waals surface area contributed by atoms with Crippen LogP contribution in [0.25, 0.3) is 0 Å². The van der Waals surface area contributed by atoms with E-state index in [-0.39, 0.29) is 6.10 Å².